The van der Waals surface area contributed by atoms with Gasteiger partial charge in [0.2, 0.25) is 0 Å². The van der Waals surface area contributed by atoms with Gasteiger partial charge in [-0.15, -0.1) is 0 Å². The third-order valence-electron chi connectivity index (χ3n) is 5.10. The van der Waals surface area contributed by atoms with Gasteiger partial charge in [0.1, 0.15) is 5.60 Å². The Labute approximate surface area is 142 Å². The van der Waals surface area contributed by atoms with Crippen LogP contribution in [0.4, 0.5) is 0 Å². The first-order valence-corrected chi connectivity index (χ1v) is 8.47. The van der Waals surface area contributed by atoms with Crippen molar-refractivity contribution in [1.82, 2.24) is 14.5 Å². The van der Waals surface area contributed by atoms with Crippen molar-refractivity contribution < 1.29 is 5.11 Å². The number of rotatable bonds is 3. The SMILES string of the molecule is CN1CCc2c(c3ccccc3n2CC(C)(O)c2cccnc2)C1. The molecule has 0 fully saturated rings. The second-order valence-electron chi connectivity index (χ2n) is 7.03. The number of fused-ring (bicyclic) bond motifs is 3. The molecule has 0 amide bonds. The number of likely N-dealkylation sites (N-methyl/N-ethyl adjacent to an activating group) is 1. The molecule has 0 radical (unpaired) electrons. The molecule has 1 aliphatic rings. The molecule has 1 aromatic carbocycles. The molecule has 4 heteroatoms. The van der Waals surface area contributed by atoms with Crippen LogP contribution in [0, 0.1) is 0 Å². The van der Waals surface area contributed by atoms with Crippen LogP contribution in [-0.2, 0) is 25.1 Å². The highest BCUT2D eigenvalue weighted by molar-refractivity contribution is 5.85. The van der Waals surface area contributed by atoms with E-state index >= 15 is 0 Å². The predicted molar refractivity (Wildman–Crippen MR) is 95.8 cm³/mol. The van der Waals surface area contributed by atoms with Gasteiger partial charge in [0.25, 0.3) is 0 Å². The number of nitrogens with zero attached hydrogens (tertiary/aromatic N) is 3. The lowest BCUT2D eigenvalue weighted by Gasteiger charge is -2.28. The van der Waals surface area contributed by atoms with Crippen molar-refractivity contribution in [2.75, 3.05) is 13.6 Å². The maximum atomic E-state index is 11.1. The van der Waals surface area contributed by atoms with Crippen molar-refractivity contribution in [3.63, 3.8) is 0 Å². The lowest BCUT2D eigenvalue weighted by molar-refractivity contribution is 0.0381. The molecule has 1 atom stereocenters. The Bertz CT molecular complexity index is 867. The fourth-order valence-corrected chi connectivity index (χ4v) is 3.80. The molecule has 4 rings (SSSR count). The molecule has 0 aliphatic carbocycles. The van der Waals surface area contributed by atoms with Gasteiger partial charge in [0.15, 0.2) is 0 Å². The van der Waals surface area contributed by atoms with Crippen molar-refractivity contribution in [1.29, 1.82) is 0 Å². The van der Waals surface area contributed by atoms with Crippen LogP contribution in [-0.4, -0.2) is 33.1 Å². The van der Waals surface area contributed by atoms with Gasteiger partial charge >= 0.3 is 0 Å². The summed E-state index contributed by atoms with van der Waals surface area (Å²) in [6, 6.07) is 12.4. The molecule has 1 aliphatic heterocycles. The van der Waals surface area contributed by atoms with E-state index in [9.17, 15) is 5.11 Å². The van der Waals surface area contributed by atoms with Gasteiger partial charge in [-0.05, 0) is 31.7 Å². The van der Waals surface area contributed by atoms with E-state index in [1.807, 2.05) is 19.1 Å². The van der Waals surface area contributed by atoms with E-state index < -0.39 is 5.60 Å². The fourth-order valence-electron chi connectivity index (χ4n) is 3.80. The Morgan fingerprint density at radius 2 is 2.04 bits per heavy atom. The van der Waals surface area contributed by atoms with Crippen molar-refractivity contribution in [3.8, 4) is 0 Å². The largest absolute Gasteiger partial charge is 0.384 e. The number of aliphatic hydroxyl groups is 1. The standard InChI is InChI=1S/C20H23N3O/c1-20(24,15-6-5-10-21-12-15)14-23-18-8-4-3-7-16(18)17-13-22(2)11-9-19(17)23/h3-8,10,12,24H,9,11,13-14H2,1-2H3. The summed E-state index contributed by atoms with van der Waals surface area (Å²) in [6.07, 6.45) is 4.51. The van der Waals surface area contributed by atoms with Gasteiger partial charge in [-0.1, -0.05) is 24.3 Å². The van der Waals surface area contributed by atoms with E-state index in [1.54, 1.807) is 12.4 Å². The first kappa shape index (κ1) is 15.4. The molecular formula is C20H23N3O. The monoisotopic (exact) mass is 321 g/mol. The van der Waals surface area contributed by atoms with Crippen molar-refractivity contribution >= 4 is 10.9 Å². The topological polar surface area (TPSA) is 41.3 Å². The summed E-state index contributed by atoms with van der Waals surface area (Å²) >= 11 is 0. The molecule has 24 heavy (non-hydrogen) atoms. The highest BCUT2D eigenvalue weighted by Crippen LogP contribution is 2.33. The van der Waals surface area contributed by atoms with Gasteiger partial charge < -0.3 is 14.6 Å². The Morgan fingerprint density at radius 1 is 1.21 bits per heavy atom. The summed E-state index contributed by atoms with van der Waals surface area (Å²) < 4.78 is 2.31. The number of hydrogen-bond acceptors (Lipinski definition) is 3. The molecule has 4 nitrogen and oxygen atoms in total. The van der Waals surface area contributed by atoms with E-state index in [0.717, 1.165) is 25.1 Å². The molecule has 0 saturated heterocycles. The molecule has 3 heterocycles. The minimum Gasteiger partial charge on any atom is -0.384 e. The minimum atomic E-state index is -0.951. The Morgan fingerprint density at radius 3 is 2.83 bits per heavy atom. The average molecular weight is 321 g/mol. The Hall–Kier alpha value is -2.17. The second-order valence-corrected chi connectivity index (χ2v) is 7.03. The first-order valence-electron chi connectivity index (χ1n) is 8.47. The zero-order valence-corrected chi connectivity index (χ0v) is 14.2. The summed E-state index contributed by atoms with van der Waals surface area (Å²) in [5, 5.41) is 12.4. The molecule has 2 aromatic heterocycles. The van der Waals surface area contributed by atoms with Crippen molar-refractivity contribution in [2.24, 2.45) is 0 Å². The third kappa shape index (κ3) is 2.52. The second kappa shape index (κ2) is 5.72. The highest BCUT2D eigenvalue weighted by atomic mass is 16.3. The molecular weight excluding hydrogens is 298 g/mol. The van der Waals surface area contributed by atoms with E-state index in [4.69, 9.17) is 0 Å². The lowest BCUT2D eigenvalue weighted by atomic mass is 9.97. The lowest BCUT2D eigenvalue weighted by Crippen LogP contribution is -2.31. The first-order chi connectivity index (χ1) is 11.6. The molecule has 0 bridgehead atoms. The maximum Gasteiger partial charge on any atom is 0.106 e. The summed E-state index contributed by atoms with van der Waals surface area (Å²) in [5.74, 6) is 0. The van der Waals surface area contributed by atoms with Gasteiger partial charge in [-0.3, -0.25) is 4.98 Å². The zero-order chi connectivity index (χ0) is 16.7. The van der Waals surface area contributed by atoms with E-state index in [0.29, 0.717) is 6.54 Å². The number of aromatic nitrogens is 2. The molecule has 0 spiro atoms. The van der Waals surface area contributed by atoms with Crippen LogP contribution in [0.15, 0.2) is 48.8 Å². The number of hydrogen-bond donors (Lipinski definition) is 1. The summed E-state index contributed by atoms with van der Waals surface area (Å²) in [4.78, 5) is 6.52. The predicted octanol–water partition coefficient (Wildman–Crippen LogP) is 2.93. The number of para-hydroxylation sites is 1. The quantitative estimate of drug-likeness (QED) is 0.806. The van der Waals surface area contributed by atoms with Crippen LogP contribution < -0.4 is 0 Å². The smallest absolute Gasteiger partial charge is 0.106 e. The van der Waals surface area contributed by atoms with Crippen molar-refractivity contribution in [2.45, 2.75) is 32.0 Å². The summed E-state index contributed by atoms with van der Waals surface area (Å²) in [5.41, 5.74) is 3.87. The Kier molecular flexibility index (Phi) is 3.66. The third-order valence-corrected chi connectivity index (χ3v) is 5.10. The summed E-state index contributed by atoms with van der Waals surface area (Å²) in [7, 11) is 2.17. The van der Waals surface area contributed by atoms with Crippen LogP contribution in [0.25, 0.3) is 10.9 Å². The van der Waals surface area contributed by atoms with Crippen LogP contribution in [0.3, 0.4) is 0 Å². The number of benzene rings is 1. The van der Waals surface area contributed by atoms with Crippen LogP contribution in [0.2, 0.25) is 0 Å². The normalized spacial score (nSPS) is 17.6. The van der Waals surface area contributed by atoms with Gasteiger partial charge in [0.05, 0.1) is 6.54 Å². The molecule has 1 unspecified atom stereocenters. The minimum absolute atomic E-state index is 0.540. The van der Waals surface area contributed by atoms with Gasteiger partial charge in [0, 0.05) is 54.1 Å². The van der Waals surface area contributed by atoms with Crippen LogP contribution in [0.5, 0.6) is 0 Å². The summed E-state index contributed by atoms with van der Waals surface area (Å²) in [6.45, 7) is 4.44. The van der Waals surface area contributed by atoms with E-state index in [1.165, 1.54) is 22.2 Å². The number of pyridine rings is 1. The van der Waals surface area contributed by atoms with Crippen LogP contribution in [0.1, 0.15) is 23.7 Å². The van der Waals surface area contributed by atoms with Crippen LogP contribution >= 0.6 is 0 Å². The van der Waals surface area contributed by atoms with Crippen molar-refractivity contribution in [3.05, 3.63) is 65.6 Å². The van der Waals surface area contributed by atoms with E-state index in [-0.39, 0.29) is 0 Å². The molecule has 124 valence electrons. The zero-order valence-electron chi connectivity index (χ0n) is 14.2. The molecule has 0 saturated carbocycles. The van der Waals surface area contributed by atoms with E-state index in [2.05, 4.69) is 45.8 Å². The molecule has 1 N–H and O–H groups in total. The maximum absolute atomic E-state index is 11.1. The highest BCUT2D eigenvalue weighted by Gasteiger charge is 2.29. The van der Waals surface area contributed by atoms with Gasteiger partial charge in [-0.25, -0.2) is 0 Å². The average Bonchev–Trinajstić information content (AvgIpc) is 2.89. The molecule has 3 aromatic rings. The Balaban J connectivity index is 1.83. The van der Waals surface area contributed by atoms with Gasteiger partial charge in [-0.2, -0.15) is 0 Å². The fraction of sp³-hybridized carbons (Fsp3) is 0.350.